The highest BCUT2D eigenvalue weighted by atomic mass is 35.5. The van der Waals surface area contributed by atoms with E-state index < -0.39 is 0 Å². The van der Waals surface area contributed by atoms with Crippen molar-refractivity contribution in [2.24, 2.45) is 5.73 Å². The van der Waals surface area contributed by atoms with E-state index >= 15 is 0 Å². The molecule has 23 heavy (non-hydrogen) atoms. The number of rotatable bonds is 4. The molecule has 2 saturated heterocycles. The van der Waals surface area contributed by atoms with E-state index in [0.717, 1.165) is 50.9 Å². The third kappa shape index (κ3) is 3.84. The predicted octanol–water partition coefficient (Wildman–Crippen LogP) is 2.39. The van der Waals surface area contributed by atoms with Gasteiger partial charge < -0.3 is 5.73 Å². The molecule has 0 saturated carbocycles. The minimum Gasteiger partial charge on any atom is -0.368 e. The predicted molar refractivity (Wildman–Crippen MR) is 88.6 cm³/mol. The van der Waals surface area contributed by atoms with Crippen molar-refractivity contribution < 1.29 is 9.18 Å². The van der Waals surface area contributed by atoms with Gasteiger partial charge in [-0.3, -0.25) is 14.6 Å². The fraction of sp³-hybridized carbons (Fsp3) is 0.588. The van der Waals surface area contributed by atoms with Gasteiger partial charge in [0.1, 0.15) is 5.82 Å². The summed E-state index contributed by atoms with van der Waals surface area (Å²) in [5, 5.41) is 0.613. The molecule has 2 N–H and O–H groups in total. The first-order valence-electron chi connectivity index (χ1n) is 8.26. The topological polar surface area (TPSA) is 49.6 Å². The van der Waals surface area contributed by atoms with Crippen LogP contribution in [0.25, 0.3) is 0 Å². The maximum atomic E-state index is 13.4. The molecule has 1 amide bonds. The standard InChI is InChI=1S/C17H23ClFN3O/c18-15-4-3-13(19)10-12(15)11-21-8-5-14(6-9-21)22-7-1-2-16(22)17(20)23/h3-4,10,14,16H,1-2,5-9,11H2,(H2,20,23). The number of hydrogen-bond donors (Lipinski definition) is 1. The van der Waals surface area contributed by atoms with Gasteiger partial charge in [-0.1, -0.05) is 11.6 Å². The van der Waals surface area contributed by atoms with Crippen molar-refractivity contribution in [3.63, 3.8) is 0 Å². The number of nitrogens with two attached hydrogens (primary N) is 1. The van der Waals surface area contributed by atoms with Gasteiger partial charge in [0.25, 0.3) is 0 Å². The molecule has 126 valence electrons. The third-order valence-electron chi connectivity index (χ3n) is 5.05. The van der Waals surface area contributed by atoms with Gasteiger partial charge in [-0.2, -0.15) is 0 Å². The first-order chi connectivity index (χ1) is 11.0. The Morgan fingerprint density at radius 1 is 1.26 bits per heavy atom. The molecule has 3 rings (SSSR count). The van der Waals surface area contributed by atoms with Crippen molar-refractivity contribution in [1.82, 2.24) is 9.80 Å². The first-order valence-corrected chi connectivity index (χ1v) is 8.64. The summed E-state index contributed by atoms with van der Waals surface area (Å²) in [5.41, 5.74) is 6.35. The van der Waals surface area contributed by atoms with Gasteiger partial charge in [0.15, 0.2) is 0 Å². The zero-order valence-corrected chi connectivity index (χ0v) is 13.9. The minimum atomic E-state index is -0.249. The number of halogens is 2. The summed E-state index contributed by atoms with van der Waals surface area (Å²) in [4.78, 5) is 16.1. The van der Waals surface area contributed by atoms with Gasteiger partial charge >= 0.3 is 0 Å². The van der Waals surface area contributed by atoms with Crippen LogP contribution in [0.4, 0.5) is 4.39 Å². The molecule has 2 heterocycles. The Kier molecular flexibility index (Phi) is 5.19. The summed E-state index contributed by atoms with van der Waals surface area (Å²) in [7, 11) is 0. The van der Waals surface area contributed by atoms with Crippen LogP contribution in [0.3, 0.4) is 0 Å². The summed E-state index contributed by atoms with van der Waals surface area (Å²) in [6.07, 6.45) is 3.95. The molecular weight excluding hydrogens is 317 g/mol. The Hall–Kier alpha value is -1.17. The highest BCUT2D eigenvalue weighted by Gasteiger charge is 2.35. The Labute approximate surface area is 141 Å². The Morgan fingerprint density at radius 2 is 2.00 bits per heavy atom. The van der Waals surface area contributed by atoms with Gasteiger partial charge in [0, 0.05) is 17.6 Å². The van der Waals surface area contributed by atoms with Gasteiger partial charge in [-0.15, -0.1) is 0 Å². The van der Waals surface area contributed by atoms with Crippen molar-refractivity contribution in [3.05, 3.63) is 34.6 Å². The number of primary amides is 1. The summed E-state index contributed by atoms with van der Waals surface area (Å²) in [5.74, 6) is -0.447. The lowest BCUT2D eigenvalue weighted by molar-refractivity contribution is -0.123. The number of nitrogens with zero attached hydrogens (tertiary/aromatic N) is 2. The van der Waals surface area contributed by atoms with E-state index in [-0.39, 0.29) is 17.8 Å². The second kappa shape index (κ2) is 7.16. The van der Waals surface area contributed by atoms with Crippen molar-refractivity contribution >= 4 is 17.5 Å². The zero-order valence-electron chi connectivity index (χ0n) is 13.2. The molecule has 2 fully saturated rings. The van der Waals surface area contributed by atoms with E-state index in [1.807, 2.05) is 0 Å². The van der Waals surface area contributed by atoms with Crippen LogP contribution < -0.4 is 5.73 Å². The summed E-state index contributed by atoms with van der Waals surface area (Å²) < 4.78 is 13.4. The van der Waals surface area contributed by atoms with Gasteiger partial charge in [0.2, 0.25) is 5.91 Å². The molecule has 1 unspecified atom stereocenters. The van der Waals surface area contributed by atoms with Gasteiger partial charge in [-0.25, -0.2) is 4.39 Å². The largest absolute Gasteiger partial charge is 0.368 e. The summed E-state index contributed by atoms with van der Waals surface area (Å²) in [6, 6.07) is 4.84. The van der Waals surface area contributed by atoms with E-state index in [9.17, 15) is 9.18 Å². The van der Waals surface area contributed by atoms with Crippen molar-refractivity contribution in [2.75, 3.05) is 19.6 Å². The van der Waals surface area contributed by atoms with Crippen LogP contribution in [0.5, 0.6) is 0 Å². The average molecular weight is 340 g/mol. The monoisotopic (exact) mass is 339 g/mol. The molecule has 1 aromatic carbocycles. The Morgan fingerprint density at radius 3 is 2.70 bits per heavy atom. The second-order valence-corrected chi connectivity index (χ2v) is 6.95. The van der Waals surface area contributed by atoms with Crippen molar-refractivity contribution in [2.45, 2.75) is 44.3 Å². The summed E-state index contributed by atoms with van der Waals surface area (Å²) in [6.45, 7) is 3.50. The molecule has 1 atom stereocenters. The van der Waals surface area contributed by atoms with E-state index in [4.69, 9.17) is 17.3 Å². The number of piperidine rings is 1. The number of carbonyl (C=O) groups is 1. The molecule has 1 aromatic rings. The zero-order chi connectivity index (χ0) is 16.4. The molecule has 4 nitrogen and oxygen atoms in total. The molecule has 6 heteroatoms. The first kappa shape index (κ1) is 16.7. The fourth-order valence-electron chi connectivity index (χ4n) is 3.85. The molecule has 0 spiro atoms. The average Bonchev–Trinajstić information content (AvgIpc) is 3.01. The molecule has 0 radical (unpaired) electrons. The van der Waals surface area contributed by atoms with E-state index in [0.29, 0.717) is 17.6 Å². The van der Waals surface area contributed by atoms with E-state index in [2.05, 4.69) is 9.80 Å². The van der Waals surface area contributed by atoms with Crippen LogP contribution >= 0.6 is 11.6 Å². The number of hydrogen-bond acceptors (Lipinski definition) is 3. The van der Waals surface area contributed by atoms with E-state index in [1.54, 1.807) is 6.07 Å². The number of likely N-dealkylation sites (tertiary alicyclic amines) is 2. The molecule has 2 aliphatic rings. The van der Waals surface area contributed by atoms with Crippen molar-refractivity contribution in [1.29, 1.82) is 0 Å². The quantitative estimate of drug-likeness (QED) is 0.916. The third-order valence-corrected chi connectivity index (χ3v) is 5.42. The Balaban J connectivity index is 1.56. The Bertz CT molecular complexity index is 575. The van der Waals surface area contributed by atoms with Crippen LogP contribution in [0.2, 0.25) is 5.02 Å². The molecule has 0 aromatic heterocycles. The smallest absolute Gasteiger partial charge is 0.234 e. The van der Waals surface area contributed by atoms with Crippen LogP contribution in [-0.4, -0.2) is 47.4 Å². The fourth-order valence-corrected chi connectivity index (χ4v) is 4.02. The highest BCUT2D eigenvalue weighted by molar-refractivity contribution is 6.31. The summed E-state index contributed by atoms with van der Waals surface area (Å²) >= 11 is 6.15. The maximum Gasteiger partial charge on any atom is 0.234 e. The van der Waals surface area contributed by atoms with Gasteiger partial charge in [-0.05, 0) is 69.1 Å². The molecule has 0 aliphatic carbocycles. The molecular formula is C17H23ClFN3O. The molecule has 2 aliphatic heterocycles. The normalized spacial score (nSPS) is 24.2. The van der Waals surface area contributed by atoms with Crippen LogP contribution in [0, 0.1) is 5.82 Å². The minimum absolute atomic E-state index is 0.0933. The molecule has 0 bridgehead atoms. The highest BCUT2D eigenvalue weighted by Crippen LogP contribution is 2.27. The van der Waals surface area contributed by atoms with Crippen LogP contribution in [-0.2, 0) is 11.3 Å². The SMILES string of the molecule is NC(=O)C1CCCN1C1CCN(Cc2cc(F)ccc2Cl)CC1. The number of amides is 1. The maximum absolute atomic E-state index is 13.4. The van der Waals surface area contributed by atoms with Crippen LogP contribution in [0.15, 0.2) is 18.2 Å². The van der Waals surface area contributed by atoms with Gasteiger partial charge in [0.05, 0.1) is 6.04 Å². The van der Waals surface area contributed by atoms with Crippen molar-refractivity contribution in [3.8, 4) is 0 Å². The number of carbonyl (C=O) groups excluding carboxylic acids is 1. The lowest BCUT2D eigenvalue weighted by atomic mass is 10.0. The lowest BCUT2D eigenvalue weighted by Gasteiger charge is -2.38. The lowest BCUT2D eigenvalue weighted by Crippen LogP contribution is -2.50. The van der Waals surface area contributed by atoms with Crippen LogP contribution in [0.1, 0.15) is 31.2 Å². The van der Waals surface area contributed by atoms with E-state index in [1.165, 1.54) is 12.1 Å². The number of benzene rings is 1. The second-order valence-electron chi connectivity index (χ2n) is 6.54.